The van der Waals surface area contributed by atoms with Gasteiger partial charge in [-0.3, -0.25) is 0 Å². The highest BCUT2D eigenvalue weighted by Crippen LogP contribution is 2.45. The van der Waals surface area contributed by atoms with Crippen molar-refractivity contribution < 1.29 is 28.5 Å². The number of benzene rings is 2. The zero-order valence-corrected chi connectivity index (χ0v) is 31.8. The van der Waals surface area contributed by atoms with Crippen LogP contribution in [0, 0.1) is 11.8 Å². The Kier molecular flexibility index (Phi) is 12.1. The van der Waals surface area contributed by atoms with Gasteiger partial charge in [0.15, 0.2) is 0 Å². The minimum Gasteiger partial charge on any atom is -0.447 e. The van der Waals surface area contributed by atoms with Crippen molar-refractivity contribution in [3.63, 3.8) is 0 Å². The lowest BCUT2D eigenvalue weighted by Crippen LogP contribution is -2.40. The summed E-state index contributed by atoms with van der Waals surface area (Å²) in [6.07, 6.45) is 18.3. The number of hydrogen-bond acceptors (Lipinski definition) is 6. The fourth-order valence-corrected chi connectivity index (χ4v) is 10.2. The second-order valence-corrected chi connectivity index (χ2v) is 16.8. The SMILES string of the molecule is CCOCCC[C@@H]1CCc2cc([C@H]3CC[C@]4(COC(=O)N4)C3)ccc2C1.CCOCCC[C@H]1CCc2cc([C@H]3CC[C@]4(COC(=O)N4)C3)ccc2C1. The van der Waals surface area contributed by atoms with Gasteiger partial charge in [0.25, 0.3) is 0 Å². The van der Waals surface area contributed by atoms with Crippen LogP contribution in [0.3, 0.4) is 0 Å². The van der Waals surface area contributed by atoms with Crippen molar-refractivity contribution in [3.05, 3.63) is 69.8 Å². The Balaban J connectivity index is 0.000000162. The highest BCUT2D eigenvalue weighted by atomic mass is 16.6. The van der Waals surface area contributed by atoms with Crippen LogP contribution in [-0.2, 0) is 44.6 Å². The average molecular weight is 715 g/mol. The van der Waals surface area contributed by atoms with Gasteiger partial charge in [-0.05, 0) is 174 Å². The van der Waals surface area contributed by atoms with E-state index in [4.69, 9.17) is 18.9 Å². The third-order valence-electron chi connectivity index (χ3n) is 13.2. The second kappa shape index (κ2) is 16.9. The van der Waals surface area contributed by atoms with Gasteiger partial charge in [-0.1, -0.05) is 36.4 Å². The van der Waals surface area contributed by atoms with Crippen LogP contribution in [0.25, 0.3) is 0 Å². The van der Waals surface area contributed by atoms with E-state index in [9.17, 15) is 9.59 Å². The van der Waals surface area contributed by atoms with E-state index < -0.39 is 0 Å². The Bertz CT molecular complexity index is 1430. The molecule has 2 heterocycles. The first-order valence-corrected chi connectivity index (χ1v) is 20.6. The van der Waals surface area contributed by atoms with E-state index in [1.54, 1.807) is 22.3 Å². The monoisotopic (exact) mass is 714 g/mol. The summed E-state index contributed by atoms with van der Waals surface area (Å²) in [7, 11) is 0. The normalized spacial score (nSPS) is 30.3. The van der Waals surface area contributed by atoms with Gasteiger partial charge in [0.2, 0.25) is 0 Å². The summed E-state index contributed by atoms with van der Waals surface area (Å²) in [5.41, 5.74) is 8.89. The summed E-state index contributed by atoms with van der Waals surface area (Å²) in [4.78, 5) is 22.9. The molecule has 4 aliphatic carbocycles. The van der Waals surface area contributed by atoms with Crippen molar-refractivity contribution >= 4 is 12.2 Å². The molecule has 6 atom stereocenters. The molecule has 2 saturated heterocycles. The van der Waals surface area contributed by atoms with Crippen LogP contribution >= 0.6 is 0 Å². The number of fused-ring (bicyclic) bond motifs is 2. The average Bonchev–Trinajstić information content (AvgIpc) is 3.96. The van der Waals surface area contributed by atoms with Crippen LogP contribution in [-0.4, -0.2) is 62.9 Å². The molecule has 2 aliphatic heterocycles. The minimum absolute atomic E-state index is 0.108. The van der Waals surface area contributed by atoms with Gasteiger partial charge in [0.1, 0.15) is 13.2 Å². The number of hydrogen-bond donors (Lipinski definition) is 2. The molecule has 0 radical (unpaired) electrons. The highest BCUT2D eigenvalue weighted by Gasteiger charge is 2.47. The zero-order valence-electron chi connectivity index (χ0n) is 31.8. The third-order valence-corrected chi connectivity index (χ3v) is 13.2. The number of cyclic esters (lactones) is 2. The first kappa shape index (κ1) is 37.2. The number of alkyl carbamates (subject to hydrolysis) is 2. The predicted octanol–water partition coefficient (Wildman–Crippen LogP) is 8.71. The number of aryl methyl sites for hydroxylation is 2. The molecule has 2 aromatic rings. The second-order valence-electron chi connectivity index (χ2n) is 16.8. The van der Waals surface area contributed by atoms with E-state index in [-0.39, 0.29) is 23.3 Å². The van der Waals surface area contributed by atoms with E-state index in [1.807, 2.05) is 0 Å². The van der Waals surface area contributed by atoms with Crippen LogP contribution in [0.2, 0.25) is 0 Å². The van der Waals surface area contributed by atoms with Gasteiger partial charge < -0.3 is 29.6 Å². The topological polar surface area (TPSA) is 95.1 Å². The Morgan fingerprint density at radius 1 is 0.654 bits per heavy atom. The number of carbonyl (C=O) groups excluding carboxylic acids is 2. The molecule has 8 heteroatoms. The molecule has 0 bridgehead atoms. The summed E-state index contributed by atoms with van der Waals surface area (Å²) in [5.74, 6) is 2.72. The quantitative estimate of drug-likeness (QED) is 0.214. The van der Waals surface area contributed by atoms with Crippen molar-refractivity contribution in [2.24, 2.45) is 11.8 Å². The molecule has 8 rings (SSSR count). The van der Waals surface area contributed by atoms with Crippen molar-refractivity contribution in [1.29, 1.82) is 0 Å². The van der Waals surface area contributed by atoms with Crippen LogP contribution < -0.4 is 10.6 Å². The van der Waals surface area contributed by atoms with Crippen molar-refractivity contribution in [1.82, 2.24) is 10.6 Å². The van der Waals surface area contributed by atoms with Crippen LogP contribution in [0.15, 0.2) is 36.4 Å². The van der Waals surface area contributed by atoms with Crippen LogP contribution in [0.5, 0.6) is 0 Å². The largest absolute Gasteiger partial charge is 0.447 e. The fraction of sp³-hybridized carbons (Fsp3) is 0.682. The summed E-state index contributed by atoms with van der Waals surface area (Å²) in [6, 6.07) is 14.3. The standard InChI is InChI=1S/2C22H31NO3/c2*1-2-25-11-3-4-16-5-6-18-13-19(8-7-17(18)12-16)20-9-10-22(14-20)15-26-21(24)23-22/h2*7-8,13,16,20H,2-6,9-12,14-15H2,1H3,(H,23,24)/t16-,20+,22-;16-,20-,22+/m10/s1. The number of amides is 2. The summed E-state index contributed by atoms with van der Waals surface area (Å²) < 4.78 is 21.3. The molecular weight excluding hydrogens is 652 g/mol. The molecular formula is C44H62N2O6. The molecule has 284 valence electrons. The van der Waals surface area contributed by atoms with Gasteiger partial charge in [0, 0.05) is 26.4 Å². The third kappa shape index (κ3) is 8.98. The van der Waals surface area contributed by atoms with Gasteiger partial charge in [0.05, 0.1) is 11.1 Å². The van der Waals surface area contributed by atoms with E-state index in [1.165, 1.54) is 75.3 Å². The van der Waals surface area contributed by atoms with E-state index in [0.717, 1.165) is 76.8 Å². The first-order chi connectivity index (χ1) is 25.3. The maximum absolute atomic E-state index is 11.4. The molecule has 8 nitrogen and oxygen atoms in total. The van der Waals surface area contributed by atoms with Crippen molar-refractivity contribution in [2.75, 3.05) is 39.6 Å². The van der Waals surface area contributed by atoms with Gasteiger partial charge in [-0.25, -0.2) is 9.59 Å². The fourth-order valence-electron chi connectivity index (χ4n) is 10.2. The number of ether oxygens (including phenoxy) is 4. The summed E-state index contributed by atoms with van der Waals surface area (Å²) >= 11 is 0. The van der Waals surface area contributed by atoms with Gasteiger partial charge in [-0.15, -0.1) is 0 Å². The molecule has 6 aliphatic rings. The van der Waals surface area contributed by atoms with E-state index >= 15 is 0 Å². The van der Waals surface area contributed by atoms with Crippen LogP contribution in [0.4, 0.5) is 9.59 Å². The van der Waals surface area contributed by atoms with Crippen molar-refractivity contribution in [3.8, 4) is 0 Å². The Morgan fingerprint density at radius 3 is 1.52 bits per heavy atom. The number of rotatable bonds is 12. The molecule has 0 aromatic heterocycles. The Hall–Kier alpha value is -3.10. The van der Waals surface area contributed by atoms with Crippen LogP contribution in [0.1, 0.15) is 136 Å². The molecule has 2 saturated carbocycles. The zero-order chi connectivity index (χ0) is 36.0. The maximum Gasteiger partial charge on any atom is 0.407 e. The molecule has 2 N–H and O–H groups in total. The number of nitrogens with one attached hydrogen (secondary N) is 2. The van der Waals surface area contributed by atoms with E-state index in [2.05, 4.69) is 60.9 Å². The Morgan fingerprint density at radius 2 is 1.12 bits per heavy atom. The molecule has 2 amide bonds. The van der Waals surface area contributed by atoms with Gasteiger partial charge in [-0.2, -0.15) is 0 Å². The summed E-state index contributed by atoms with van der Waals surface area (Å²) in [5, 5.41) is 6.11. The first-order valence-electron chi connectivity index (χ1n) is 20.6. The minimum atomic E-state index is -0.244. The number of carbonyl (C=O) groups is 2. The predicted molar refractivity (Wildman–Crippen MR) is 203 cm³/mol. The molecule has 52 heavy (non-hydrogen) atoms. The molecule has 2 spiro atoms. The maximum atomic E-state index is 11.4. The summed E-state index contributed by atoms with van der Waals surface area (Å²) in [6.45, 7) is 8.67. The molecule has 4 fully saturated rings. The Labute approximate surface area is 311 Å². The van der Waals surface area contributed by atoms with Crippen molar-refractivity contribution in [2.45, 2.75) is 139 Å². The van der Waals surface area contributed by atoms with Gasteiger partial charge >= 0.3 is 12.2 Å². The smallest absolute Gasteiger partial charge is 0.407 e. The van der Waals surface area contributed by atoms with E-state index in [0.29, 0.717) is 25.0 Å². The lowest BCUT2D eigenvalue weighted by Gasteiger charge is -2.26. The highest BCUT2D eigenvalue weighted by molar-refractivity contribution is 5.71. The lowest BCUT2D eigenvalue weighted by molar-refractivity contribution is 0.138. The molecule has 0 unspecified atom stereocenters. The molecule has 2 aromatic carbocycles. The lowest BCUT2D eigenvalue weighted by atomic mass is 9.80.